The molecule has 7 heteroatoms. The van der Waals surface area contributed by atoms with Crippen molar-refractivity contribution in [3.8, 4) is 0 Å². The van der Waals surface area contributed by atoms with Gasteiger partial charge in [-0.15, -0.1) is 0 Å². The maximum absolute atomic E-state index is 13.1. The molecule has 5 nitrogen and oxygen atoms in total. The second kappa shape index (κ2) is 9.63. The molecule has 2 aromatic carbocycles. The van der Waals surface area contributed by atoms with Crippen LogP contribution in [0.4, 0.5) is 5.69 Å². The lowest BCUT2D eigenvalue weighted by atomic mass is 9.96. The molecule has 0 aliphatic rings. The highest BCUT2D eigenvalue weighted by Crippen LogP contribution is 2.27. The van der Waals surface area contributed by atoms with E-state index in [1.165, 1.54) is 0 Å². The number of carbonyl (C=O) groups excluding carboxylic acids is 1. The van der Waals surface area contributed by atoms with Crippen molar-refractivity contribution in [3.05, 3.63) is 64.7 Å². The maximum atomic E-state index is 13.1. The number of carbonyl (C=O) groups is 1. The van der Waals surface area contributed by atoms with E-state index < -0.39 is 16.1 Å². The van der Waals surface area contributed by atoms with Gasteiger partial charge in [-0.1, -0.05) is 61.8 Å². The van der Waals surface area contributed by atoms with Crippen LogP contribution in [0.3, 0.4) is 0 Å². The average molecular weight is 437 g/mol. The molecule has 0 spiro atoms. The minimum Gasteiger partial charge on any atom is -0.347 e. The second-order valence-corrected chi connectivity index (χ2v) is 10.0. The number of rotatable bonds is 8. The Morgan fingerprint density at radius 2 is 1.72 bits per heavy atom. The number of aryl methyl sites for hydroxylation is 1. The zero-order chi connectivity index (χ0) is 21.8. The highest BCUT2D eigenvalue weighted by molar-refractivity contribution is 7.92. The van der Waals surface area contributed by atoms with Crippen LogP contribution < -0.4 is 9.62 Å². The fourth-order valence-electron chi connectivity index (χ4n) is 3.26. The quantitative estimate of drug-likeness (QED) is 0.651. The highest BCUT2D eigenvalue weighted by atomic mass is 35.5. The first-order valence-corrected chi connectivity index (χ1v) is 11.8. The van der Waals surface area contributed by atoms with Crippen molar-refractivity contribution in [2.75, 3.05) is 10.6 Å². The van der Waals surface area contributed by atoms with Crippen molar-refractivity contribution in [1.29, 1.82) is 0 Å². The molecule has 2 rings (SSSR count). The fraction of sp³-hybridized carbons (Fsp3) is 0.409. The fourth-order valence-corrected chi connectivity index (χ4v) is 4.60. The van der Waals surface area contributed by atoms with Crippen LogP contribution in [0.25, 0.3) is 0 Å². The van der Waals surface area contributed by atoms with Crippen LogP contribution in [-0.2, 0) is 14.8 Å². The Hall–Kier alpha value is -2.05. The van der Waals surface area contributed by atoms with Crippen molar-refractivity contribution < 1.29 is 13.2 Å². The molecule has 0 aliphatic heterocycles. The molecule has 0 fully saturated rings. The third kappa shape index (κ3) is 6.21. The Balaban J connectivity index is 2.33. The molecular weight excluding hydrogens is 408 g/mol. The SMILES string of the molecule is Cc1ccc(N(C(C)C(=O)NC(CC(C)C)c2ccccc2)S(C)(=O)=O)cc1Cl. The Labute approximate surface area is 179 Å². The number of anilines is 1. The summed E-state index contributed by atoms with van der Waals surface area (Å²) in [5, 5.41) is 3.48. The smallest absolute Gasteiger partial charge is 0.244 e. The van der Waals surface area contributed by atoms with E-state index in [2.05, 4.69) is 19.2 Å². The third-order valence-corrected chi connectivity index (χ3v) is 6.37. The van der Waals surface area contributed by atoms with E-state index in [4.69, 9.17) is 11.6 Å². The van der Waals surface area contributed by atoms with Gasteiger partial charge in [-0.25, -0.2) is 8.42 Å². The number of benzene rings is 2. The summed E-state index contributed by atoms with van der Waals surface area (Å²) >= 11 is 6.19. The number of nitrogens with zero attached hydrogens (tertiary/aromatic N) is 1. The molecule has 0 saturated carbocycles. The molecule has 158 valence electrons. The van der Waals surface area contributed by atoms with Gasteiger partial charge in [0.1, 0.15) is 6.04 Å². The number of hydrogen-bond donors (Lipinski definition) is 1. The Bertz CT molecular complexity index is 946. The van der Waals surface area contributed by atoms with E-state index in [0.717, 1.165) is 28.1 Å². The molecule has 1 amide bonds. The van der Waals surface area contributed by atoms with Crippen molar-refractivity contribution in [3.63, 3.8) is 0 Å². The summed E-state index contributed by atoms with van der Waals surface area (Å²) in [6.07, 6.45) is 1.84. The van der Waals surface area contributed by atoms with Gasteiger partial charge in [0.25, 0.3) is 0 Å². The van der Waals surface area contributed by atoms with Crippen molar-refractivity contribution in [2.45, 2.75) is 46.2 Å². The lowest BCUT2D eigenvalue weighted by Gasteiger charge is -2.30. The van der Waals surface area contributed by atoms with Crippen LogP contribution in [0.1, 0.15) is 44.4 Å². The van der Waals surface area contributed by atoms with Gasteiger partial charge >= 0.3 is 0 Å². The molecule has 0 aliphatic carbocycles. The van der Waals surface area contributed by atoms with E-state index in [1.807, 2.05) is 37.3 Å². The van der Waals surface area contributed by atoms with E-state index in [0.29, 0.717) is 16.6 Å². The minimum atomic E-state index is -3.70. The number of halogens is 1. The lowest BCUT2D eigenvalue weighted by molar-refractivity contribution is -0.122. The predicted molar refractivity (Wildman–Crippen MR) is 120 cm³/mol. The maximum Gasteiger partial charge on any atom is 0.244 e. The van der Waals surface area contributed by atoms with Crippen LogP contribution in [-0.4, -0.2) is 26.6 Å². The van der Waals surface area contributed by atoms with E-state index in [1.54, 1.807) is 25.1 Å². The summed E-state index contributed by atoms with van der Waals surface area (Å²) in [5.41, 5.74) is 2.19. The van der Waals surface area contributed by atoms with Gasteiger partial charge in [0.05, 0.1) is 18.0 Å². The number of amides is 1. The van der Waals surface area contributed by atoms with Crippen LogP contribution >= 0.6 is 11.6 Å². The number of sulfonamides is 1. The first-order chi connectivity index (χ1) is 13.5. The monoisotopic (exact) mass is 436 g/mol. The lowest BCUT2D eigenvalue weighted by Crippen LogP contribution is -2.48. The first kappa shape index (κ1) is 23.2. The Kier molecular flexibility index (Phi) is 7.72. The molecular formula is C22H29ClN2O3S. The van der Waals surface area contributed by atoms with Crippen molar-refractivity contribution >= 4 is 33.2 Å². The van der Waals surface area contributed by atoms with Crippen LogP contribution in [0, 0.1) is 12.8 Å². The summed E-state index contributed by atoms with van der Waals surface area (Å²) in [4.78, 5) is 13.1. The van der Waals surface area contributed by atoms with Gasteiger partial charge < -0.3 is 5.32 Å². The second-order valence-electron chi connectivity index (χ2n) is 7.77. The van der Waals surface area contributed by atoms with Gasteiger partial charge in [-0.3, -0.25) is 9.10 Å². The summed E-state index contributed by atoms with van der Waals surface area (Å²) in [6.45, 7) is 7.59. The molecule has 0 bridgehead atoms. The van der Waals surface area contributed by atoms with Crippen LogP contribution in [0.5, 0.6) is 0 Å². The summed E-state index contributed by atoms with van der Waals surface area (Å²) < 4.78 is 26.1. The molecule has 0 saturated heterocycles. The number of nitrogens with one attached hydrogen (secondary N) is 1. The molecule has 0 heterocycles. The third-order valence-electron chi connectivity index (χ3n) is 4.72. The number of hydrogen-bond acceptors (Lipinski definition) is 3. The van der Waals surface area contributed by atoms with Gasteiger partial charge in [0.15, 0.2) is 0 Å². The Morgan fingerprint density at radius 3 is 2.24 bits per heavy atom. The molecule has 29 heavy (non-hydrogen) atoms. The van der Waals surface area contributed by atoms with Crippen molar-refractivity contribution in [2.24, 2.45) is 5.92 Å². The topological polar surface area (TPSA) is 66.5 Å². The van der Waals surface area contributed by atoms with Crippen LogP contribution in [0.15, 0.2) is 48.5 Å². The minimum absolute atomic E-state index is 0.200. The molecule has 1 N–H and O–H groups in total. The predicted octanol–water partition coefficient (Wildman–Crippen LogP) is 4.71. The summed E-state index contributed by atoms with van der Waals surface area (Å²) in [7, 11) is -3.70. The largest absolute Gasteiger partial charge is 0.347 e. The van der Waals surface area contributed by atoms with E-state index in [-0.39, 0.29) is 11.9 Å². The Morgan fingerprint density at radius 1 is 1.10 bits per heavy atom. The van der Waals surface area contributed by atoms with Gasteiger partial charge in [0, 0.05) is 5.02 Å². The first-order valence-electron chi connectivity index (χ1n) is 9.61. The van der Waals surface area contributed by atoms with Crippen molar-refractivity contribution in [1.82, 2.24) is 5.32 Å². The molecule has 2 unspecified atom stereocenters. The molecule has 2 aromatic rings. The normalized spacial score (nSPS) is 13.8. The van der Waals surface area contributed by atoms with Gasteiger partial charge in [-0.2, -0.15) is 0 Å². The highest BCUT2D eigenvalue weighted by Gasteiger charge is 2.31. The summed E-state index contributed by atoms with van der Waals surface area (Å²) in [5.74, 6) is -0.000598. The summed E-state index contributed by atoms with van der Waals surface area (Å²) in [6, 6.07) is 13.6. The van der Waals surface area contributed by atoms with E-state index in [9.17, 15) is 13.2 Å². The zero-order valence-electron chi connectivity index (χ0n) is 17.5. The van der Waals surface area contributed by atoms with Crippen LogP contribution in [0.2, 0.25) is 5.02 Å². The average Bonchev–Trinajstić information content (AvgIpc) is 2.63. The zero-order valence-corrected chi connectivity index (χ0v) is 19.1. The standard InChI is InChI=1S/C22H29ClN2O3S/c1-15(2)13-21(18-9-7-6-8-10-18)24-22(26)17(4)25(29(5,27)28)19-12-11-16(3)20(23)14-19/h6-12,14-15,17,21H,13H2,1-5H3,(H,24,26). The van der Waals surface area contributed by atoms with Gasteiger partial charge in [-0.05, 0) is 49.4 Å². The van der Waals surface area contributed by atoms with E-state index >= 15 is 0 Å². The molecule has 2 atom stereocenters. The molecule has 0 aromatic heterocycles. The molecule has 0 radical (unpaired) electrons. The van der Waals surface area contributed by atoms with Gasteiger partial charge in [0.2, 0.25) is 15.9 Å².